The molecule has 1 heterocycles. The molecule has 30 heavy (non-hydrogen) atoms. The van der Waals surface area contributed by atoms with Crippen molar-refractivity contribution in [3.63, 3.8) is 0 Å². The molecule has 0 unspecified atom stereocenters. The molecule has 0 saturated heterocycles. The largest absolute Gasteiger partial charge is 0.457 e. The number of nitrogens with one attached hydrogen (secondary N) is 2. The van der Waals surface area contributed by atoms with Crippen molar-refractivity contribution < 1.29 is 19.1 Å². The van der Waals surface area contributed by atoms with Gasteiger partial charge in [-0.15, -0.1) is 0 Å². The van der Waals surface area contributed by atoms with Crippen molar-refractivity contribution in [3.8, 4) is 11.3 Å². The number of carbonyl (C=O) groups is 2. The highest BCUT2D eigenvalue weighted by Gasteiger charge is 2.15. The minimum Gasteiger partial charge on any atom is -0.457 e. The number of aryl methyl sites for hydroxylation is 1. The molecule has 6 nitrogen and oxygen atoms in total. The van der Waals surface area contributed by atoms with E-state index in [0.717, 1.165) is 15.6 Å². The van der Waals surface area contributed by atoms with Crippen molar-refractivity contribution in [1.29, 1.82) is 0 Å². The van der Waals surface area contributed by atoms with Crippen LogP contribution in [-0.4, -0.2) is 30.1 Å². The van der Waals surface area contributed by atoms with Crippen LogP contribution in [0.1, 0.15) is 21.7 Å². The fraction of sp³-hybridized carbons (Fsp3) is 0.130. The number of hydrogen-bond donors (Lipinski definition) is 3. The van der Waals surface area contributed by atoms with Gasteiger partial charge in [-0.1, -0.05) is 45.8 Å². The summed E-state index contributed by atoms with van der Waals surface area (Å²) in [4.78, 5) is 25.1. The van der Waals surface area contributed by atoms with Gasteiger partial charge < -0.3 is 20.2 Å². The Kier molecular flexibility index (Phi) is 7.21. The Balaban J connectivity index is 1.85. The number of hydrogen-bond acceptors (Lipinski definition) is 4. The van der Waals surface area contributed by atoms with Gasteiger partial charge in [-0.3, -0.25) is 9.59 Å². The van der Waals surface area contributed by atoms with Crippen LogP contribution in [0.4, 0.5) is 0 Å². The monoisotopic (exact) mass is 468 g/mol. The van der Waals surface area contributed by atoms with Crippen LogP contribution in [0.2, 0.25) is 0 Å². The molecule has 0 spiro atoms. The first kappa shape index (κ1) is 21.5. The molecule has 1 aromatic heterocycles. The number of halogens is 1. The standard InChI is InChI=1S/C23H21BrN2O4/c1-15-2-4-17(5-3-15)22(28)26-20(23(29)25-12-13-27)14-19-10-11-21(30-19)16-6-8-18(24)9-7-16/h2-11,14,27H,12-13H2,1H3,(H,25,29)(H,26,28)/b20-14+. The van der Waals surface area contributed by atoms with Gasteiger partial charge in [0.2, 0.25) is 0 Å². The zero-order chi connectivity index (χ0) is 21.5. The topological polar surface area (TPSA) is 91.6 Å². The smallest absolute Gasteiger partial charge is 0.268 e. The van der Waals surface area contributed by atoms with E-state index in [4.69, 9.17) is 9.52 Å². The third kappa shape index (κ3) is 5.68. The number of furan rings is 1. The summed E-state index contributed by atoms with van der Waals surface area (Å²) in [5, 5.41) is 14.2. The average Bonchev–Trinajstić information content (AvgIpc) is 3.21. The molecule has 3 N–H and O–H groups in total. The van der Waals surface area contributed by atoms with Gasteiger partial charge in [0.05, 0.1) is 6.61 Å². The molecule has 0 aliphatic heterocycles. The summed E-state index contributed by atoms with van der Waals surface area (Å²) in [7, 11) is 0. The van der Waals surface area contributed by atoms with Gasteiger partial charge in [0.15, 0.2) is 0 Å². The predicted molar refractivity (Wildman–Crippen MR) is 119 cm³/mol. The second-order valence-corrected chi connectivity index (χ2v) is 7.48. The van der Waals surface area contributed by atoms with E-state index in [1.807, 2.05) is 43.3 Å². The summed E-state index contributed by atoms with van der Waals surface area (Å²) in [6, 6.07) is 18.1. The lowest BCUT2D eigenvalue weighted by Crippen LogP contribution is -2.36. The Labute approximate surface area is 182 Å². The van der Waals surface area contributed by atoms with Crippen molar-refractivity contribution in [2.45, 2.75) is 6.92 Å². The summed E-state index contributed by atoms with van der Waals surface area (Å²) in [6.07, 6.45) is 1.46. The van der Waals surface area contributed by atoms with Gasteiger partial charge in [-0.05, 0) is 43.3 Å². The minimum atomic E-state index is -0.522. The third-order valence-corrected chi connectivity index (χ3v) is 4.77. The van der Waals surface area contributed by atoms with Crippen molar-refractivity contribution in [2.75, 3.05) is 13.2 Å². The summed E-state index contributed by atoms with van der Waals surface area (Å²) in [5.74, 6) is 0.103. The maximum atomic E-state index is 12.6. The van der Waals surface area contributed by atoms with E-state index in [1.54, 1.807) is 24.3 Å². The number of aliphatic hydroxyl groups excluding tert-OH is 1. The summed E-state index contributed by atoms with van der Waals surface area (Å²) < 4.78 is 6.78. The van der Waals surface area contributed by atoms with Crippen molar-refractivity contribution >= 4 is 33.8 Å². The zero-order valence-corrected chi connectivity index (χ0v) is 17.9. The fourth-order valence-corrected chi connectivity index (χ4v) is 2.93. The Hall–Kier alpha value is -3.16. The number of benzene rings is 2. The van der Waals surface area contributed by atoms with Gasteiger partial charge >= 0.3 is 0 Å². The summed E-state index contributed by atoms with van der Waals surface area (Å²) in [6.45, 7) is 1.79. The maximum Gasteiger partial charge on any atom is 0.268 e. The quantitative estimate of drug-likeness (QED) is 0.458. The van der Waals surface area contributed by atoms with Crippen molar-refractivity contribution in [3.05, 3.63) is 87.7 Å². The van der Waals surface area contributed by atoms with Crippen LogP contribution in [0, 0.1) is 6.92 Å². The SMILES string of the molecule is Cc1ccc(C(=O)N/C(=C/c2ccc(-c3ccc(Br)cc3)o2)C(=O)NCCO)cc1. The van der Waals surface area contributed by atoms with E-state index in [2.05, 4.69) is 26.6 Å². The Morgan fingerprint density at radius 2 is 1.73 bits per heavy atom. The van der Waals surface area contributed by atoms with Crippen LogP contribution in [0.3, 0.4) is 0 Å². The molecule has 0 radical (unpaired) electrons. The summed E-state index contributed by atoms with van der Waals surface area (Å²) in [5.41, 5.74) is 2.36. The highest BCUT2D eigenvalue weighted by atomic mass is 79.9. The first-order chi connectivity index (χ1) is 14.5. The molecule has 154 valence electrons. The lowest BCUT2D eigenvalue weighted by atomic mass is 10.1. The minimum absolute atomic E-state index is 0.0192. The van der Waals surface area contributed by atoms with E-state index in [0.29, 0.717) is 17.1 Å². The molecule has 0 bridgehead atoms. The molecule has 2 aromatic carbocycles. The highest BCUT2D eigenvalue weighted by molar-refractivity contribution is 9.10. The number of amides is 2. The summed E-state index contributed by atoms with van der Waals surface area (Å²) >= 11 is 3.40. The third-order valence-electron chi connectivity index (χ3n) is 4.25. The molecular weight excluding hydrogens is 448 g/mol. The van der Waals surface area contributed by atoms with Gasteiger partial charge in [-0.2, -0.15) is 0 Å². The van der Waals surface area contributed by atoms with E-state index in [9.17, 15) is 9.59 Å². The number of rotatable bonds is 7. The Morgan fingerprint density at radius 1 is 1.03 bits per heavy atom. The molecular formula is C23H21BrN2O4. The molecule has 2 amide bonds. The molecule has 0 aliphatic rings. The van der Waals surface area contributed by atoms with E-state index < -0.39 is 11.8 Å². The first-order valence-corrected chi connectivity index (χ1v) is 10.1. The molecule has 7 heteroatoms. The lowest BCUT2D eigenvalue weighted by molar-refractivity contribution is -0.117. The first-order valence-electron chi connectivity index (χ1n) is 9.31. The van der Waals surface area contributed by atoms with E-state index in [1.165, 1.54) is 6.08 Å². The van der Waals surface area contributed by atoms with E-state index >= 15 is 0 Å². The molecule has 3 rings (SSSR count). The van der Waals surface area contributed by atoms with Gasteiger partial charge in [0, 0.05) is 28.2 Å². The second-order valence-electron chi connectivity index (χ2n) is 6.57. The molecule has 3 aromatic rings. The lowest BCUT2D eigenvalue weighted by Gasteiger charge is -2.10. The van der Waals surface area contributed by atoms with Gasteiger partial charge in [0.25, 0.3) is 11.8 Å². The van der Waals surface area contributed by atoms with E-state index in [-0.39, 0.29) is 18.8 Å². The molecule has 0 aliphatic carbocycles. The van der Waals surface area contributed by atoms with Crippen molar-refractivity contribution in [1.82, 2.24) is 10.6 Å². The van der Waals surface area contributed by atoms with Crippen LogP contribution in [-0.2, 0) is 4.79 Å². The molecule has 0 saturated carbocycles. The predicted octanol–water partition coefficient (Wildman–Crippen LogP) is 3.90. The van der Waals surface area contributed by atoms with Crippen LogP contribution in [0.5, 0.6) is 0 Å². The maximum absolute atomic E-state index is 12.6. The van der Waals surface area contributed by atoms with Crippen molar-refractivity contribution in [2.24, 2.45) is 0 Å². The normalized spacial score (nSPS) is 11.2. The van der Waals surface area contributed by atoms with Gasteiger partial charge in [-0.25, -0.2) is 0 Å². The Bertz CT molecular complexity index is 1050. The zero-order valence-electron chi connectivity index (χ0n) is 16.3. The number of carbonyl (C=O) groups excluding carboxylic acids is 2. The molecule has 0 atom stereocenters. The van der Waals surface area contributed by atoms with Crippen LogP contribution in [0.25, 0.3) is 17.4 Å². The fourth-order valence-electron chi connectivity index (χ4n) is 2.66. The van der Waals surface area contributed by atoms with Gasteiger partial charge in [0.1, 0.15) is 17.2 Å². The van der Waals surface area contributed by atoms with Crippen LogP contribution in [0.15, 0.2) is 75.3 Å². The van der Waals surface area contributed by atoms with Crippen LogP contribution < -0.4 is 10.6 Å². The molecule has 0 fully saturated rings. The van der Waals surface area contributed by atoms with Crippen LogP contribution >= 0.6 is 15.9 Å². The number of aliphatic hydroxyl groups is 1. The second kappa shape index (κ2) is 10.0. The average molecular weight is 469 g/mol. The highest BCUT2D eigenvalue weighted by Crippen LogP contribution is 2.25. The Morgan fingerprint density at radius 3 is 2.40 bits per heavy atom.